The first kappa shape index (κ1) is 39.3. The van der Waals surface area contributed by atoms with Crippen LogP contribution in [-0.4, -0.2) is 77.0 Å². The lowest BCUT2D eigenvalue weighted by Crippen LogP contribution is -2.41. The third kappa shape index (κ3) is 9.11. The Balaban J connectivity index is 0.000000214. The largest absolute Gasteiger partial charge is 0.495 e. The molecule has 0 bridgehead atoms. The van der Waals surface area contributed by atoms with E-state index in [2.05, 4.69) is 19.9 Å². The van der Waals surface area contributed by atoms with Crippen LogP contribution < -0.4 is 5.46 Å². The molecular formula is C35H42BIN4O8. The monoisotopic (exact) mass is 784 g/mol. The fourth-order valence-electron chi connectivity index (χ4n) is 4.90. The summed E-state index contributed by atoms with van der Waals surface area (Å²) < 4.78 is 22.5. The summed E-state index contributed by atoms with van der Waals surface area (Å²) in [6.45, 7) is 17.4. The first-order valence-corrected chi connectivity index (χ1v) is 16.4. The molecule has 1 fully saturated rings. The smallest absolute Gasteiger partial charge is 0.465 e. The number of benzene rings is 2. The van der Waals surface area contributed by atoms with Crippen molar-refractivity contribution in [3.8, 4) is 11.3 Å². The molecule has 0 saturated carbocycles. The van der Waals surface area contributed by atoms with E-state index < -0.39 is 24.3 Å². The first-order chi connectivity index (χ1) is 22.9. The van der Waals surface area contributed by atoms with Gasteiger partial charge in [-0.2, -0.15) is 0 Å². The summed E-state index contributed by atoms with van der Waals surface area (Å²) in [7, 11) is 2.24. The predicted octanol–water partition coefficient (Wildman–Crippen LogP) is 5.82. The van der Waals surface area contributed by atoms with Gasteiger partial charge in [-0.1, -0.05) is 17.7 Å². The average molecular weight is 784 g/mol. The molecule has 2 aromatic carbocycles. The van der Waals surface area contributed by atoms with Crippen LogP contribution in [0, 0.1) is 38.3 Å². The Morgan fingerprint density at radius 3 is 1.88 bits per heavy atom. The van der Waals surface area contributed by atoms with Gasteiger partial charge in [0.1, 0.15) is 26.7 Å². The molecule has 0 amide bonds. The van der Waals surface area contributed by atoms with Crippen molar-refractivity contribution in [2.75, 3.05) is 14.2 Å². The molecule has 2 aromatic heterocycles. The highest BCUT2D eigenvalue weighted by Crippen LogP contribution is 2.37. The van der Waals surface area contributed by atoms with Gasteiger partial charge in [0, 0.05) is 5.56 Å². The van der Waals surface area contributed by atoms with Gasteiger partial charge in [-0.05, 0) is 120 Å². The second-order valence-corrected chi connectivity index (χ2v) is 13.5. The van der Waals surface area contributed by atoms with E-state index in [1.807, 2.05) is 90.1 Å². The number of imidazole rings is 2. The van der Waals surface area contributed by atoms with Gasteiger partial charge in [0.2, 0.25) is 0 Å². The zero-order valence-electron chi connectivity index (χ0n) is 29.7. The highest BCUT2D eigenvalue weighted by molar-refractivity contribution is 14.1. The first-order valence-electron chi connectivity index (χ1n) is 15.3. The van der Waals surface area contributed by atoms with Crippen LogP contribution in [0.4, 0.5) is 0 Å². The standard InChI is InChI=1S/C16H23BO4.C14H14N2O3.C5H5IN2O/c1-10-8-11(2)13(9-12(10)14(18)19-7)17-20-15(3,4)16(5,6)21-17;1-8-4-5-10(14(18)19-3)6-11(8)13-12(7-17)15-9(2)16-13;1-3-7-4(2-9)5(6)8-3/h8-9H,1-7H3;4-7H,1-3H3,(H,15,16);2H,1H3,(H,7,8). The van der Waals surface area contributed by atoms with Gasteiger partial charge in [-0.25, -0.2) is 19.6 Å². The van der Waals surface area contributed by atoms with Crippen LogP contribution in [0.15, 0.2) is 30.3 Å². The number of hydrogen-bond acceptors (Lipinski definition) is 10. The van der Waals surface area contributed by atoms with Gasteiger partial charge in [0.15, 0.2) is 12.6 Å². The summed E-state index contributed by atoms with van der Waals surface area (Å²) in [5.41, 5.74) is 6.11. The lowest BCUT2D eigenvalue weighted by atomic mass is 9.75. The van der Waals surface area contributed by atoms with Gasteiger partial charge in [-0.15, -0.1) is 0 Å². The number of nitrogens with one attached hydrogen (secondary N) is 2. The number of aryl methyl sites for hydroxylation is 5. The summed E-state index contributed by atoms with van der Waals surface area (Å²) in [4.78, 5) is 58.6. The molecule has 260 valence electrons. The molecule has 1 aliphatic heterocycles. The van der Waals surface area contributed by atoms with Crippen molar-refractivity contribution < 1.29 is 38.0 Å². The van der Waals surface area contributed by atoms with Crippen molar-refractivity contribution in [3.63, 3.8) is 0 Å². The van der Waals surface area contributed by atoms with Crippen LogP contribution in [0.2, 0.25) is 0 Å². The molecule has 0 unspecified atom stereocenters. The number of esters is 2. The normalized spacial score (nSPS) is 14.2. The van der Waals surface area contributed by atoms with E-state index in [0.29, 0.717) is 34.0 Å². The van der Waals surface area contributed by atoms with Crippen molar-refractivity contribution in [2.45, 2.75) is 73.5 Å². The molecule has 0 atom stereocenters. The highest BCUT2D eigenvalue weighted by atomic mass is 127. The second kappa shape index (κ2) is 16.0. The maximum atomic E-state index is 11.9. The summed E-state index contributed by atoms with van der Waals surface area (Å²) >= 11 is 2.03. The van der Waals surface area contributed by atoms with Gasteiger partial charge >= 0.3 is 19.1 Å². The minimum absolute atomic E-state index is 0.342. The van der Waals surface area contributed by atoms with E-state index in [0.717, 1.165) is 49.8 Å². The number of carbonyl (C=O) groups excluding carboxylic acids is 4. The lowest BCUT2D eigenvalue weighted by Gasteiger charge is -2.32. The van der Waals surface area contributed by atoms with E-state index >= 15 is 0 Å². The van der Waals surface area contributed by atoms with Gasteiger partial charge in [0.05, 0.1) is 42.2 Å². The molecule has 0 aliphatic carbocycles. The fraction of sp³-hybridized carbons (Fsp3) is 0.371. The Bertz CT molecular complexity index is 1850. The Hall–Kier alpha value is -4.15. The molecule has 5 rings (SSSR count). The molecular weight excluding hydrogens is 742 g/mol. The van der Waals surface area contributed by atoms with Gasteiger partial charge < -0.3 is 28.8 Å². The zero-order chi connectivity index (χ0) is 36.8. The molecule has 0 radical (unpaired) electrons. The summed E-state index contributed by atoms with van der Waals surface area (Å²) in [6.07, 6.45) is 1.46. The van der Waals surface area contributed by atoms with Crippen LogP contribution >= 0.6 is 22.6 Å². The van der Waals surface area contributed by atoms with Crippen LogP contribution in [0.3, 0.4) is 0 Å². The summed E-state index contributed by atoms with van der Waals surface area (Å²) in [6, 6.07) is 8.96. The molecule has 12 nitrogen and oxygen atoms in total. The number of carbonyl (C=O) groups is 4. The number of hydrogen-bond donors (Lipinski definition) is 2. The molecule has 1 aliphatic rings. The topological polar surface area (TPSA) is 163 Å². The van der Waals surface area contributed by atoms with Crippen LogP contribution in [0.1, 0.15) is 97.7 Å². The Labute approximate surface area is 300 Å². The number of rotatable bonds is 6. The maximum absolute atomic E-state index is 11.9. The van der Waals surface area contributed by atoms with E-state index in [1.54, 1.807) is 25.1 Å². The van der Waals surface area contributed by atoms with Crippen molar-refractivity contribution in [2.24, 2.45) is 0 Å². The van der Waals surface area contributed by atoms with Crippen molar-refractivity contribution in [3.05, 3.63) is 84.9 Å². The third-order valence-electron chi connectivity index (χ3n) is 8.32. The molecule has 2 N–H and O–H groups in total. The number of H-pyrrole nitrogens is 2. The van der Waals surface area contributed by atoms with Crippen molar-refractivity contribution >= 4 is 59.7 Å². The second-order valence-electron chi connectivity index (χ2n) is 12.5. The molecule has 14 heteroatoms. The fourth-order valence-corrected chi connectivity index (χ4v) is 5.54. The Morgan fingerprint density at radius 2 is 1.39 bits per heavy atom. The highest BCUT2D eigenvalue weighted by Gasteiger charge is 2.52. The summed E-state index contributed by atoms with van der Waals surface area (Å²) in [5.74, 6) is 0.674. The average Bonchev–Trinajstić information content (AvgIpc) is 3.66. The van der Waals surface area contributed by atoms with Crippen LogP contribution in [-0.2, 0) is 18.8 Å². The Morgan fingerprint density at radius 1 is 0.796 bits per heavy atom. The molecule has 1 saturated heterocycles. The summed E-state index contributed by atoms with van der Waals surface area (Å²) in [5, 5.41) is 0. The third-order valence-corrected chi connectivity index (χ3v) is 9.14. The van der Waals surface area contributed by atoms with Crippen LogP contribution in [0.25, 0.3) is 11.3 Å². The molecule has 4 aromatic rings. The quantitative estimate of drug-likeness (QED) is 0.106. The maximum Gasteiger partial charge on any atom is 0.495 e. The van der Waals surface area contributed by atoms with E-state index in [4.69, 9.17) is 18.8 Å². The lowest BCUT2D eigenvalue weighted by molar-refractivity contribution is 0.00578. The van der Waals surface area contributed by atoms with E-state index in [-0.39, 0.29) is 5.97 Å². The SMILES string of the molecule is COC(=O)c1cc(B2OC(C)(C)C(C)(C)O2)c(C)cc1C.COC(=O)c1ccc(C)c(-c2nc(C)[nH]c2C=O)c1.Cc1nc(C=O)c(I)[nH]1. The zero-order valence-corrected chi connectivity index (χ0v) is 31.8. The van der Waals surface area contributed by atoms with Crippen molar-refractivity contribution in [1.82, 2.24) is 19.9 Å². The number of nitrogens with zero attached hydrogens (tertiary/aromatic N) is 2. The van der Waals surface area contributed by atoms with Gasteiger partial charge in [0.25, 0.3) is 0 Å². The molecule has 49 heavy (non-hydrogen) atoms. The number of halogens is 1. The Kier molecular flexibility index (Phi) is 12.9. The van der Waals surface area contributed by atoms with E-state index in [9.17, 15) is 19.2 Å². The number of aromatic amines is 2. The molecule has 0 spiro atoms. The van der Waals surface area contributed by atoms with Crippen LogP contribution in [0.5, 0.6) is 0 Å². The van der Waals surface area contributed by atoms with Gasteiger partial charge in [-0.3, -0.25) is 9.59 Å². The molecule has 3 heterocycles. The number of aromatic nitrogens is 4. The number of ether oxygens (including phenoxy) is 2. The number of aldehydes is 2. The minimum Gasteiger partial charge on any atom is -0.465 e. The predicted molar refractivity (Wildman–Crippen MR) is 195 cm³/mol. The van der Waals surface area contributed by atoms with Crippen molar-refractivity contribution in [1.29, 1.82) is 0 Å². The number of methoxy groups -OCH3 is 2. The van der Waals surface area contributed by atoms with E-state index in [1.165, 1.54) is 14.2 Å². The minimum atomic E-state index is -0.473.